The number of aliphatic hydroxyl groups excluding tert-OH is 1. The van der Waals surface area contributed by atoms with Crippen molar-refractivity contribution < 1.29 is 18.3 Å². The fourth-order valence-corrected chi connectivity index (χ4v) is 3.43. The van der Waals surface area contributed by atoms with Gasteiger partial charge in [0.1, 0.15) is 0 Å². The van der Waals surface area contributed by atoms with Gasteiger partial charge in [-0.1, -0.05) is 30.3 Å². The van der Waals surface area contributed by atoms with E-state index in [1.807, 2.05) is 47.0 Å². The molecule has 0 bridgehead atoms. The summed E-state index contributed by atoms with van der Waals surface area (Å²) in [6.45, 7) is 0.390. The normalized spacial score (nSPS) is 11.4. The predicted octanol–water partition coefficient (Wildman–Crippen LogP) is 4.22. The van der Waals surface area contributed by atoms with Crippen LogP contribution in [0.1, 0.15) is 12.3 Å². The van der Waals surface area contributed by atoms with Crippen LogP contribution in [0.25, 0.3) is 33.6 Å². The van der Waals surface area contributed by atoms with Crippen LogP contribution in [0.5, 0.6) is 0 Å². The number of rotatable bonds is 7. The molecule has 9 nitrogen and oxygen atoms in total. The molecule has 0 spiro atoms. The maximum absolute atomic E-state index is 12.7. The lowest BCUT2D eigenvalue weighted by atomic mass is 10.0. The molecule has 166 valence electrons. The zero-order valence-electron chi connectivity index (χ0n) is 17.1. The van der Waals surface area contributed by atoms with Crippen LogP contribution in [-0.2, 0) is 6.54 Å². The minimum atomic E-state index is -2.85. The number of hydrogen-bond donors (Lipinski definition) is 2. The predicted molar refractivity (Wildman–Crippen MR) is 116 cm³/mol. The molecule has 0 saturated carbocycles. The van der Waals surface area contributed by atoms with Gasteiger partial charge in [-0.3, -0.25) is 0 Å². The lowest BCUT2D eigenvalue weighted by Gasteiger charge is -2.11. The Kier molecular flexibility index (Phi) is 5.45. The third-order valence-electron chi connectivity index (χ3n) is 4.93. The molecule has 5 rings (SSSR count). The molecule has 3 heterocycles. The smallest absolute Gasteiger partial charge is 0.314 e. The van der Waals surface area contributed by atoms with E-state index in [2.05, 4.69) is 30.5 Å². The van der Waals surface area contributed by atoms with Crippen LogP contribution in [0.3, 0.4) is 0 Å². The Morgan fingerprint density at radius 3 is 2.48 bits per heavy atom. The number of imidazole rings is 1. The highest BCUT2D eigenvalue weighted by molar-refractivity contribution is 5.95. The fourth-order valence-electron chi connectivity index (χ4n) is 3.43. The van der Waals surface area contributed by atoms with Gasteiger partial charge in [-0.25, -0.2) is 15.0 Å². The average Bonchev–Trinajstić information content (AvgIpc) is 3.48. The molecule has 0 aliphatic rings. The Labute approximate surface area is 185 Å². The number of aromatic nitrogens is 6. The van der Waals surface area contributed by atoms with Crippen LogP contribution >= 0.6 is 0 Å². The molecule has 2 N–H and O–H groups in total. The average molecular weight is 449 g/mol. The topological polar surface area (TPSA) is 115 Å². The highest BCUT2D eigenvalue weighted by atomic mass is 19.3. The highest BCUT2D eigenvalue weighted by Gasteiger charge is 2.18. The van der Waals surface area contributed by atoms with Crippen LogP contribution in [0.15, 0.2) is 65.6 Å². The van der Waals surface area contributed by atoms with E-state index < -0.39 is 12.3 Å². The first-order chi connectivity index (χ1) is 16.1. The van der Waals surface area contributed by atoms with Crippen molar-refractivity contribution in [1.29, 1.82) is 0 Å². The van der Waals surface area contributed by atoms with Crippen molar-refractivity contribution in [1.82, 2.24) is 29.7 Å². The summed E-state index contributed by atoms with van der Waals surface area (Å²) in [6.07, 6.45) is 1.66. The van der Waals surface area contributed by atoms with E-state index in [9.17, 15) is 13.9 Å². The SMILES string of the molecule is OCCn1cnc2c(-c3ccccc3)cc(Nc3ncc(-c4nnc(C(F)F)o4)cn3)cc21. The number of nitrogens with one attached hydrogen (secondary N) is 1. The molecule has 33 heavy (non-hydrogen) atoms. The number of aliphatic hydroxyl groups is 1. The van der Waals surface area contributed by atoms with Crippen molar-refractivity contribution in [2.45, 2.75) is 13.0 Å². The summed E-state index contributed by atoms with van der Waals surface area (Å²) in [5.41, 5.74) is 4.59. The van der Waals surface area contributed by atoms with E-state index in [0.717, 1.165) is 22.2 Å². The Morgan fingerprint density at radius 1 is 1.00 bits per heavy atom. The van der Waals surface area contributed by atoms with Gasteiger partial charge in [0.25, 0.3) is 11.8 Å². The molecule has 3 aromatic heterocycles. The van der Waals surface area contributed by atoms with Crippen molar-refractivity contribution in [3.63, 3.8) is 0 Å². The van der Waals surface area contributed by atoms with Crippen LogP contribution in [0.4, 0.5) is 20.4 Å². The van der Waals surface area contributed by atoms with Crippen molar-refractivity contribution >= 4 is 22.7 Å². The van der Waals surface area contributed by atoms with E-state index in [4.69, 9.17) is 4.42 Å². The molecule has 2 aromatic carbocycles. The van der Waals surface area contributed by atoms with E-state index in [1.165, 1.54) is 12.4 Å². The lowest BCUT2D eigenvalue weighted by molar-refractivity contribution is 0.116. The molecule has 0 saturated heterocycles. The number of halogens is 2. The molecule has 0 unspecified atom stereocenters. The Balaban J connectivity index is 1.48. The second kappa shape index (κ2) is 8.71. The summed E-state index contributed by atoms with van der Waals surface area (Å²) in [4.78, 5) is 13.0. The second-order valence-corrected chi connectivity index (χ2v) is 7.09. The quantitative estimate of drug-likeness (QED) is 0.380. The fraction of sp³-hybridized carbons (Fsp3) is 0.136. The number of anilines is 2. The third kappa shape index (κ3) is 4.13. The first-order valence-electron chi connectivity index (χ1n) is 9.98. The van der Waals surface area contributed by atoms with Gasteiger partial charge >= 0.3 is 6.43 Å². The van der Waals surface area contributed by atoms with Crippen LogP contribution in [-0.4, -0.2) is 41.4 Å². The molecule has 0 aliphatic carbocycles. The standard InChI is InChI=1S/C22H17F2N7O2/c23-19(24)21-30-29-20(33-21)14-10-25-22(26-11-14)28-15-8-16(13-4-2-1-3-5-13)18-17(9-15)31(6-7-32)12-27-18/h1-5,8-12,19,32H,6-7H2,(H,25,26,28). The maximum Gasteiger partial charge on any atom is 0.314 e. The molecular weight excluding hydrogens is 432 g/mol. The van der Waals surface area contributed by atoms with E-state index >= 15 is 0 Å². The van der Waals surface area contributed by atoms with E-state index in [1.54, 1.807) is 6.33 Å². The summed E-state index contributed by atoms with van der Waals surface area (Å²) in [6, 6.07) is 13.7. The van der Waals surface area contributed by atoms with Crippen LogP contribution < -0.4 is 5.32 Å². The van der Waals surface area contributed by atoms with E-state index in [-0.39, 0.29) is 12.5 Å². The van der Waals surface area contributed by atoms with Crippen molar-refractivity contribution in [2.24, 2.45) is 0 Å². The molecule has 0 radical (unpaired) electrons. The molecule has 11 heteroatoms. The molecule has 0 amide bonds. The second-order valence-electron chi connectivity index (χ2n) is 7.09. The molecule has 0 atom stereocenters. The van der Waals surface area contributed by atoms with Gasteiger partial charge in [0, 0.05) is 30.2 Å². The van der Waals surface area contributed by atoms with E-state index in [0.29, 0.717) is 23.7 Å². The van der Waals surface area contributed by atoms with Gasteiger partial charge in [-0.05, 0) is 17.7 Å². The summed E-state index contributed by atoms with van der Waals surface area (Å²) < 4.78 is 32.1. The first kappa shape index (κ1) is 20.6. The summed E-state index contributed by atoms with van der Waals surface area (Å²) in [5, 5.41) is 19.5. The van der Waals surface area contributed by atoms with Gasteiger partial charge in [-0.2, -0.15) is 8.78 Å². The van der Waals surface area contributed by atoms with Crippen LogP contribution in [0.2, 0.25) is 0 Å². The van der Waals surface area contributed by atoms with Gasteiger partial charge in [-0.15, -0.1) is 10.2 Å². The molecule has 5 aromatic rings. The largest absolute Gasteiger partial charge is 0.415 e. The van der Waals surface area contributed by atoms with Gasteiger partial charge < -0.3 is 19.4 Å². The van der Waals surface area contributed by atoms with Crippen molar-refractivity contribution in [3.8, 4) is 22.6 Å². The zero-order valence-corrected chi connectivity index (χ0v) is 17.1. The number of benzene rings is 2. The third-order valence-corrected chi connectivity index (χ3v) is 4.93. The summed E-state index contributed by atoms with van der Waals surface area (Å²) >= 11 is 0. The Bertz CT molecular complexity index is 1390. The number of alkyl halides is 2. The van der Waals surface area contributed by atoms with Crippen molar-refractivity contribution in [3.05, 3.63) is 67.1 Å². The molecule has 0 fully saturated rings. The Morgan fingerprint density at radius 2 is 1.79 bits per heavy atom. The number of hydrogen-bond acceptors (Lipinski definition) is 8. The summed E-state index contributed by atoms with van der Waals surface area (Å²) in [5.74, 6) is -0.551. The minimum Gasteiger partial charge on any atom is -0.415 e. The first-order valence-corrected chi connectivity index (χ1v) is 9.98. The molecule has 0 aliphatic heterocycles. The highest BCUT2D eigenvalue weighted by Crippen LogP contribution is 2.32. The van der Waals surface area contributed by atoms with Crippen LogP contribution in [0, 0.1) is 0 Å². The molecular formula is C22H17F2N7O2. The van der Waals surface area contributed by atoms with Crippen molar-refractivity contribution in [2.75, 3.05) is 11.9 Å². The summed E-state index contributed by atoms with van der Waals surface area (Å²) in [7, 11) is 0. The minimum absolute atomic E-state index is 0.0166. The van der Waals surface area contributed by atoms with Gasteiger partial charge in [0.15, 0.2) is 0 Å². The van der Waals surface area contributed by atoms with Gasteiger partial charge in [0.05, 0.1) is 29.5 Å². The Hall–Kier alpha value is -4.25. The number of nitrogens with zero attached hydrogens (tertiary/aromatic N) is 6. The number of fused-ring (bicyclic) bond motifs is 1. The lowest BCUT2D eigenvalue weighted by Crippen LogP contribution is -2.01. The zero-order chi connectivity index (χ0) is 22.8. The monoisotopic (exact) mass is 449 g/mol. The maximum atomic E-state index is 12.7. The van der Waals surface area contributed by atoms with Gasteiger partial charge in [0.2, 0.25) is 5.95 Å².